The van der Waals surface area contributed by atoms with Crippen LogP contribution in [0.2, 0.25) is 13.1 Å². The van der Waals surface area contributed by atoms with Gasteiger partial charge in [-0.3, -0.25) is 4.92 Å². The molecule has 3 aromatic rings. The summed E-state index contributed by atoms with van der Waals surface area (Å²) < 4.78 is 15.6. The molecule has 0 radical (unpaired) electrons. The molecule has 3 aromatic carbocycles. The zero-order valence-electron chi connectivity index (χ0n) is 19.9. The predicted molar refractivity (Wildman–Crippen MR) is 137 cm³/mol. The Bertz CT molecular complexity index is 1010. The molecule has 1 saturated heterocycles. The Morgan fingerprint density at radius 1 is 0.625 bits per heavy atom. The molecule has 0 spiro atoms. The number of anilines is 2. The molecule has 4 nitrogen and oxygen atoms in total. The Hall–Kier alpha value is -2.54. The van der Waals surface area contributed by atoms with Gasteiger partial charge in [0.1, 0.15) is 0 Å². The first kappa shape index (κ1) is 22.6. The summed E-state index contributed by atoms with van der Waals surface area (Å²) in [5.74, 6) is 0. The number of rotatable bonds is 6. The van der Waals surface area contributed by atoms with Crippen LogP contribution in [-0.2, 0) is 9.31 Å². The lowest BCUT2D eigenvalue weighted by molar-refractivity contribution is 0.00578. The van der Waals surface area contributed by atoms with E-state index in [1.165, 1.54) is 5.19 Å². The van der Waals surface area contributed by atoms with Crippen LogP contribution in [0.5, 0.6) is 0 Å². The zero-order chi connectivity index (χ0) is 23.0. The average molecular weight is 444 g/mol. The van der Waals surface area contributed by atoms with Crippen LogP contribution < -0.4 is 14.8 Å². The molecule has 0 aromatic heterocycles. The van der Waals surface area contributed by atoms with Crippen LogP contribution >= 0.6 is 0 Å². The fraction of sp³-hybridized carbons (Fsp3) is 0.308. The molecular weight excluding hydrogens is 411 g/mol. The second-order valence-electron chi connectivity index (χ2n) is 9.82. The van der Waals surface area contributed by atoms with Crippen molar-refractivity contribution < 1.29 is 9.31 Å². The smallest absolute Gasteiger partial charge is 0.383 e. The number of hydrogen-bond acceptors (Lipinski definition) is 4. The third-order valence-electron chi connectivity index (χ3n) is 6.69. The van der Waals surface area contributed by atoms with Gasteiger partial charge in [0.05, 0.1) is 11.2 Å². The van der Waals surface area contributed by atoms with Crippen molar-refractivity contribution in [3.8, 4) is 0 Å². The van der Waals surface area contributed by atoms with E-state index in [2.05, 4.69) is 135 Å². The second-order valence-corrected chi connectivity index (χ2v) is 13.9. The van der Waals surface area contributed by atoms with Gasteiger partial charge in [-0.05, 0) is 70.2 Å². The largest absolute Gasteiger partial charge is 0.613 e. The molecule has 0 aliphatic carbocycles. The average Bonchev–Trinajstić information content (AvgIpc) is 3.00. The lowest BCUT2D eigenvalue weighted by Crippen LogP contribution is -2.69. The number of para-hydroxylation sites is 2. The summed E-state index contributed by atoms with van der Waals surface area (Å²) in [5.41, 5.74) is 1.27. The molecule has 1 aliphatic heterocycles. The van der Waals surface area contributed by atoms with Crippen LogP contribution in [0.3, 0.4) is 0 Å². The van der Waals surface area contributed by atoms with E-state index in [9.17, 15) is 0 Å². The minimum Gasteiger partial charge on any atom is -0.383 e. The van der Waals surface area contributed by atoms with Crippen LogP contribution in [0, 0.1) is 0 Å². The van der Waals surface area contributed by atoms with Gasteiger partial charge in [-0.15, -0.1) is 0 Å². The highest BCUT2D eigenvalue weighted by Crippen LogP contribution is 2.40. The topological polar surface area (TPSA) is 24.9 Å². The van der Waals surface area contributed by atoms with Crippen LogP contribution in [0.25, 0.3) is 0 Å². The molecule has 4 rings (SSSR count). The third kappa shape index (κ3) is 4.10. The summed E-state index contributed by atoms with van der Waals surface area (Å²) in [6.07, 6.45) is 0. The Kier molecular flexibility index (Phi) is 5.97. The molecule has 166 valence electrons. The van der Waals surface area contributed by atoms with Gasteiger partial charge in [0.15, 0.2) is 0 Å². The SMILES string of the molecule is CC1(C)OB(N(c2ccccc2)N(c2ccccc2)[Si](C)(C)c2ccccc2)OC1(C)C. The van der Waals surface area contributed by atoms with E-state index in [0.29, 0.717) is 0 Å². The second kappa shape index (κ2) is 8.43. The molecule has 0 bridgehead atoms. The molecule has 1 aliphatic rings. The summed E-state index contributed by atoms with van der Waals surface area (Å²) in [7, 11) is -2.81. The minimum atomic E-state index is -2.26. The quantitative estimate of drug-likeness (QED) is 0.364. The van der Waals surface area contributed by atoms with E-state index in [1.807, 2.05) is 6.07 Å². The highest BCUT2D eigenvalue weighted by atomic mass is 28.3. The number of hydrogen-bond donors (Lipinski definition) is 0. The van der Waals surface area contributed by atoms with Crippen molar-refractivity contribution in [2.24, 2.45) is 0 Å². The number of nitrogens with zero attached hydrogens (tertiary/aromatic N) is 2. The molecular formula is C26H33BN2O2Si. The van der Waals surface area contributed by atoms with Gasteiger partial charge in [0.2, 0.25) is 8.24 Å². The molecule has 0 amide bonds. The van der Waals surface area contributed by atoms with Crippen molar-refractivity contribution in [1.82, 2.24) is 0 Å². The Morgan fingerprint density at radius 2 is 1.03 bits per heavy atom. The molecule has 0 saturated carbocycles. The maximum Gasteiger partial charge on any atom is 0.613 e. The van der Waals surface area contributed by atoms with E-state index in [0.717, 1.165) is 11.4 Å². The maximum atomic E-state index is 6.60. The highest BCUT2D eigenvalue weighted by molar-refractivity contribution is 6.93. The summed E-state index contributed by atoms with van der Waals surface area (Å²) in [4.78, 5) is 2.21. The van der Waals surface area contributed by atoms with Gasteiger partial charge in [0.25, 0.3) is 0 Å². The summed E-state index contributed by atoms with van der Waals surface area (Å²) in [6.45, 7) is 13.1. The Balaban J connectivity index is 1.90. The molecule has 0 atom stereocenters. The molecule has 6 heteroatoms. The first-order chi connectivity index (χ1) is 15.1. The van der Waals surface area contributed by atoms with Gasteiger partial charge in [-0.2, -0.15) is 0 Å². The minimum absolute atomic E-state index is 0.439. The number of hydrazine groups is 1. The summed E-state index contributed by atoms with van der Waals surface area (Å²) in [5, 5.41) is 1.33. The van der Waals surface area contributed by atoms with Crippen molar-refractivity contribution in [2.75, 3.05) is 9.59 Å². The standard InChI is InChI=1S/C26H33BN2O2Si/c1-25(2)26(3,4)31-27(30-25)28(22-16-10-7-11-17-22)29(23-18-12-8-13-19-23)32(5,6)24-20-14-9-15-21-24/h7-21H,1-6H3. The fourth-order valence-electron chi connectivity index (χ4n) is 4.08. The van der Waals surface area contributed by atoms with Gasteiger partial charge in [0, 0.05) is 11.4 Å². The summed E-state index contributed by atoms with van der Waals surface area (Å²) >= 11 is 0. The number of benzene rings is 3. The first-order valence-electron chi connectivity index (χ1n) is 11.2. The van der Waals surface area contributed by atoms with Crippen molar-refractivity contribution in [1.29, 1.82) is 0 Å². The summed E-state index contributed by atoms with van der Waals surface area (Å²) in [6, 6.07) is 31.8. The maximum absolute atomic E-state index is 6.60. The predicted octanol–water partition coefficient (Wildman–Crippen LogP) is 5.62. The molecule has 0 unspecified atom stereocenters. The van der Waals surface area contributed by atoms with E-state index in [-0.39, 0.29) is 0 Å². The molecule has 1 heterocycles. The zero-order valence-corrected chi connectivity index (χ0v) is 20.9. The third-order valence-corrected chi connectivity index (χ3v) is 9.97. The monoisotopic (exact) mass is 444 g/mol. The van der Waals surface area contributed by atoms with Crippen molar-refractivity contribution >= 4 is 32.1 Å². The highest BCUT2D eigenvalue weighted by Gasteiger charge is 2.57. The lowest BCUT2D eigenvalue weighted by atomic mass is 9.90. The van der Waals surface area contributed by atoms with Crippen LogP contribution in [-0.4, -0.2) is 26.7 Å². The van der Waals surface area contributed by atoms with Gasteiger partial charge < -0.3 is 14.0 Å². The van der Waals surface area contributed by atoms with E-state index in [4.69, 9.17) is 9.31 Å². The van der Waals surface area contributed by atoms with Crippen LogP contribution in [0.1, 0.15) is 27.7 Å². The van der Waals surface area contributed by atoms with Crippen molar-refractivity contribution in [2.45, 2.75) is 52.0 Å². The van der Waals surface area contributed by atoms with Crippen LogP contribution in [0.4, 0.5) is 11.4 Å². The Morgan fingerprint density at radius 3 is 1.50 bits per heavy atom. The Labute approximate surface area is 194 Å². The van der Waals surface area contributed by atoms with Gasteiger partial charge in [-0.1, -0.05) is 66.7 Å². The molecule has 0 N–H and O–H groups in total. The molecule has 1 fully saturated rings. The van der Waals surface area contributed by atoms with Crippen molar-refractivity contribution in [3.63, 3.8) is 0 Å². The van der Waals surface area contributed by atoms with Gasteiger partial charge in [-0.25, -0.2) is 0 Å². The van der Waals surface area contributed by atoms with Gasteiger partial charge >= 0.3 is 7.25 Å². The van der Waals surface area contributed by atoms with Crippen molar-refractivity contribution in [3.05, 3.63) is 91.0 Å². The lowest BCUT2D eigenvalue weighted by Gasteiger charge is -2.48. The first-order valence-corrected chi connectivity index (χ1v) is 14.2. The van der Waals surface area contributed by atoms with E-state index in [1.54, 1.807) is 0 Å². The molecule has 32 heavy (non-hydrogen) atoms. The van der Waals surface area contributed by atoms with E-state index < -0.39 is 26.7 Å². The fourth-order valence-corrected chi connectivity index (χ4v) is 6.87. The van der Waals surface area contributed by atoms with Crippen LogP contribution in [0.15, 0.2) is 91.0 Å². The van der Waals surface area contributed by atoms with E-state index >= 15 is 0 Å². The normalized spacial score (nSPS) is 17.2.